The summed E-state index contributed by atoms with van der Waals surface area (Å²) in [5.41, 5.74) is 1.35. The van der Waals surface area contributed by atoms with Crippen LogP contribution in [0.3, 0.4) is 0 Å². The largest absolute Gasteiger partial charge is 0.490 e. The maximum absolute atomic E-state index is 12.5. The van der Waals surface area contributed by atoms with E-state index in [1.165, 1.54) is 11.5 Å². The van der Waals surface area contributed by atoms with Crippen LogP contribution in [0.15, 0.2) is 24.3 Å². The molecule has 0 aliphatic carbocycles. The molecule has 0 saturated heterocycles. The van der Waals surface area contributed by atoms with E-state index in [0.717, 1.165) is 10.7 Å². The first-order valence-corrected chi connectivity index (χ1v) is 7.96. The van der Waals surface area contributed by atoms with E-state index in [9.17, 15) is 4.79 Å². The highest BCUT2D eigenvalue weighted by Crippen LogP contribution is 2.25. The average molecular weight is 340 g/mol. The topological polar surface area (TPSA) is 54.5 Å². The summed E-state index contributed by atoms with van der Waals surface area (Å²) >= 11 is 7.31. The Labute approximate surface area is 139 Å². The second kappa shape index (κ2) is 7.47. The molecule has 1 aromatic heterocycles. The van der Waals surface area contributed by atoms with Gasteiger partial charge in [0.15, 0.2) is 0 Å². The van der Waals surface area contributed by atoms with Gasteiger partial charge in [-0.3, -0.25) is 4.79 Å². The monoisotopic (exact) mass is 339 g/mol. The molecule has 118 valence electrons. The zero-order valence-electron chi connectivity index (χ0n) is 12.7. The minimum atomic E-state index is -0.0710. The van der Waals surface area contributed by atoms with E-state index in [1.807, 2.05) is 19.1 Å². The number of anilines is 1. The highest BCUT2D eigenvalue weighted by Gasteiger charge is 2.21. The van der Waals surface area contributed by atoms with Crippen molar-refractivity contribution in [3.8, 4) is 5.75 Å². The van der Waals surface area contributed by atoms with Crippen molar-refractivity contribution in [1.29, 1.82) is 0 Å². The second-order valence-electron chi connectivity index (χ2n) is 4.73. The third kappa shape index (κ3) is 3.69. The second-order valence-corrected chi connectivity index (χ2v) is 5.91. The van der Waals surface area contributed by atoms with Gasteiger partial charge in [-0.15, -0.1) is 0 Å². The van der Waals surface area contributed by atoms with Crippen molar-refractivity contribution in [3.63, 3.8) is 0 Å². The van der Waals surface area contributed by atoms with Crippen molar-refractivity contribution >= 4 is 34.0 Å². The molecule has 5 nitrogen and oxygen atoms in total. The van der Waals surface area contributed by atoms with Crippen LogP contribution in [-0.4, -0.2) is 42.4 Å². The standard InChI is InChI=1S/C15H18ClN3O2S/c1-10-13(14(17-2)22-18-10)15(20)19(3)8-9-21-12-7-5-4-6-11(12)16/h4-7,17H,8-9H2,1-3H3. The fraction of sp³-hybridized carbons (Fsp3) is 0.333. The van der Waals surface area contributed by atoms with Crippen molar-refractivity contribution in [2.75, 3.05) is 32.6 Å². The van der Waals surface area contributed by atoms with E-state index in [-0.39, 0.29) is 5.91 Å². The van der Waals surface area contributed by atoms with E-state index in [0.29, 0.717) is 29.5 Å². The van der Waals surface area contributed by atoms with Crippen molar-refractivity contribution in [1.82, 2.24) is 9.27 Å². The number of aryl methyl sites for hydroxylation is 1. The lowest BCUT2D eigenvalue weighted by Crippen LogP contribution is -2.31. The molecule has 1 heterocycles. The Hall–Kier alpha value is -1.79. The third-order valence-electron chi connectivity index (χ3n) is 3.17. The Morgan fingerprint density at radius 2 is 2.18 bits per heavy atom. The summed E-state index contributed by atoms with van der Waals surface area (Å²) < 4.78 is 9.82. The molecule has 0 atom stereocenters. The van der Waals surface area contributed by atoms with E-state index in [2.05, 4.69) is 9.69 Å². The van der Waals surface area contributed by atoms with Gasteiger partial charge in [0, 0.05) is 14.1 Å². The summed E-state index contributed by atoms with van der Waals surface area (Å²) in [7, 11) is 3.53. The maximum Gasteiger partial charge on any atom is 0.258 e. The number of nitrogens with one attached hydrogen (secondary N) is 1. The fourth-order valence-corrected chi connectivity index (χ4v) is 2.87. The number of hydrogen-bond acceptors (Lipinski definition) is 5. The van der Waals surface area contributed by atoms with Gasteiger partial charge in [-0.05, 0) is 30.6 Å². The van der Waals surface area contributed by atoms with Gasteiger partial charge in [0.1, 0.15) is 17.4 Å². The number of amides is 1. The molecule has 1 amide bonds. The smallest absolute Gasteiger partial charge is 0.258 e. The zero-order valence-corrected chi connectivity index (χ0v) is 14.3. The maximum atomic E-state index is 12.5. The number of ether oxygens (including phenoxy) is 1. The first-order valence-electron chi connectivity index (χ1n) is 6.81. The van der Waals surface area contributed by atoms with Gasteiger partial charge in [-0.2, -0.15) is 4.37 Å². The number of likely N-dealkylation sites (N-methyl/N-ethyl adjacent to an activating group) is 1. The summed E-state index contributed by atoms with van der Waals surface area (Å²) in [6.07, 6.45) is 0. The lowest BCUT2D eigenvalue weighted by Gasteiger charge is -2.18. The summed E-state index contributed by atoms with van der Waals surface area (Å²) in [6, 6.07) is 7.27. The molecule has 22 heavy (non-hydrogen) atoms. The third-order valence-corrected chi connectivity index (χ3v) is 4.44. The van der Waals surface area contributed by atoms with Gasteiger partial charge in [-0.1, -0.05) is 23.7 Å². The van der Waals surface area contributed by atoms with Crippen LogP contribution in [0.25, 0.3) is 0 Å². The number of nitrogens with zero attached hydrogens (tertiary/aromatic N) is 2. The van der Waals surface area contributed by atoms with Crippen molar-refractivity contribution in [2.24, 2.45) is 0 Å². The summed E-state index contributed by atoms with van der Waals surface area (Å²) in [4.78, 5) is 14.1. The van der Waals surface area contributed by atoms with E-state index in [1.54, 1.807) is 31.1 Å². The highest BCUT2D eigenvalue weighted by atomic mass is 35.5. The molecule has 0 aliphatic rings. The minimum Gasteiger partial charge on any atom is -0.490 e. The van der Waals surface area contributed by atoms with Crippen molar-refractivity contribution < 1.29 is 9.53 Å². The van der Waals surface area contributed by atoms with Gasteiger partial charge in [0.2, 0.25) is 0 Å². The van der Waals surface area contributed by atoms with Crippen molar-refractivity contribution in [2.45, 2.75) is 6.92 Å². The molecule has 0 fully saturated rings. The Balaban J connectivity index is 1.95. The molecule has 0 spiro atoms. The van der Waals surface area contributed by atoms with Crippen LogP contribution in [0.2, 0.25) is 5.02 Å². The number of carbonyl (C=O) groups excluding carboxylic acids is 1. The van der Waals surface area contributed by atoms with Gasteiger partial charge in [0.25, 0.3) is 5.91 Å². The lowest BCUT2D eigenvalue weighted by atomic mass is 10.2. The number of hydrogen-bond donors (Lipinski definition) is 1. The summed E-state index contributed by atoms with van der Waals surface area (Å²) in [5.74, 6) is 0.549. The molecule has 0 aliphatic heterocycles. The summed E-state index contributed by atoms with van der Waals surface area (Å²) in [5, 5.41) is 4.34. The van der Waals surface area contributed by atoms with Crippen LogP contribution in [0.5, 0.6) is 5.75 Å². The average Bonchev–Trinajstić information content (AvgIpc) is 2.89. The number of benzene rings is 1. The normalized spacial score (nSPS) is 10.4. The molecule has 0 radical (unpaired) electrons. The van der Waals surface area contributed by atoms with Gasteiger partial charge in [0.05, 0.1) is 22.8 Å². The number of rotatable bonds is 6. The number of halogens is 1. The minimum absolute atomic E-state index is 0.0710. The van der Waals surface area contributed by atoms with E-state index in [4.69, 9.17) is 16.3 Å². The highest BCUT2D eigenvalue weighted by molar-refractivity contribution is 7.10. The van der Waals surface area contributed by atoms with Crippen LogP contribution in [0, 0.1) is 6.92 Å². The Bertz CT molecular complexity index is 660. The van der Waals surface area contributed by atoms with Crippen LogP contribution in [-0.2, 0) is 0 Å². The quantitative estimate of drug-likeness (QED) is 0.877. The molecule has 0 saturated carbocycles. The molecule has 7 heteroatoms. The van der Waals surface area contributed by atoms with Crippen LogP contribution < -0.4 is 10.1 Å². The Morgan fingerprint density at radius 1 is 1.45 bits per heavy atom. The lowest BCUT2D eigenvalue weighted by molar-refractivity contribution is 0.0774. The predicted molar refractivity (Wildman–Crippen MR) is 90.3 cm³/mol. The predicted octanol–water partition coefficient (Wildman–Crippen LogP) is 3.30. The first-order chi connectivity index (χ1) is 10.5. The van der Waals surface area contributed by atoms with Crippen molar-refractivity contribution in [3.05, 3.63) is 40.5 Å². The first kappa shape index (κ1) is 16.6. The van der Waals surface area contributed by atoms with Crippen LogP contribution in [0.4, 0.5) is 5.00 Å². The SMILES string of the molecule is CNc1snc(C)c1C(=O)N(C)CCOc1ccccc1Cl. The molecule has 0 bridgehead atoms. The molecule has 0 unspecified atom stereocenters. The molecule has 2 aromatic rings. The fourth-order valence-electron chi connectivity index (χ4n) is 1.94. The van der Waals surface area contributed by atoms with Gasteiger partial charge in [-0.25, -0.2) is 0 Å². The zero-order chi connectivity index (χ0) is 16.1. The number of carbonyl (C=O) groups is 1. The van der Waals surface area contributed by atoms with Gasteiger partial charge < -0.3 is 15.0 Å². The Morgan fingerprint density at radius 3 is 2.86 bits per heavy atom. The van der Waals surface area contributed by atoms with E-state index < -0.39 is 0 Å². The molecular formula is C15H18ClN3O2S. The Kier molecular flexibility index (Phi) is 5.63. The summed E-state index contributed by atoms with van der Waals surface area (Å²) in [6.45, 7) is 2.67. The van der Waals surface area contributed by atoms with Crippen LogP contribution >= 0.6 is 23.1 Å². The number of para-hydroxylation sites is 1. The van der Waals surface area contributed by atoms with Crippen LogP contribution in [0.1, 0.15) is 16.1 Å². The molecule has 1 aromatic carbocycles. The molecule has 1 N–H and O–H groups in total. The van der Waals surface area contributed by atoms with E-state index >= 15 is 0 Å². The molecular weight excluding hydrogens is 322 g/mol. The number of aromatic nitrogens is 1. The molecule has 2 rings (SSSR count). The van der Waals surface area contributed by atoms with Gasteiger partial charge >= 0.3 is 0 Å².